The fourth-order valence-corrected chi connectivity index (χ4v) is 3.06. The van der Waals surface area contributed by atoms with Gasteiger partial charge in [0.15, 0.2) is 5.16 Å². The molecule has 0 bridgehead atoms. The quantitative estimate of drug-likeness (QED) is 0.806. The van der Waals surface area contributed by atoms with Crippen molar-refractivity contribution in [3.63, 3.8) is 0 Å². The standard InChI is InChI=1S/C16H21N3OS/c1-4-5-13-9-15(20)19-16(18-13)21-14-7-6-12(10-17-3)11(2)8-14/h6-9,17H,4-5,10H2,1-3H3,(H,18,19,20). The molecule has 0 aliphatic heterocycles. The number of aromatic amines is 1. The van der Waals surface area contributed by atoms with Crippen LogP contribution in [0, 0.1) is 6.92 Å². The van der Waals surface area contributed by atoms with Crippen LogP contribution < -0.4 is 10.9 Å². The number of hydrogen-bond donors (Lipinski definition) is 2. The minimum atomic E-state index is -0.0838. The lowest BCUT2D eigenvalue weighted by Crippen LogP contribution is -2.10. The summed E-state index contributed by atoms with van der Waals surface area (Å²) < 4.78 is 0. The maximum absolute atomic E-state index is 11.7. The Hall–Kier alpha value is -1.59. The molecule has 4 nitrogen and oxygen atoms in total. The van der Waals surface area contributed by atoms with Gasteiger partial charge in [0.1, 0.15) is 0 Å². The summed E-state index contributed by atoms with van der Waals surface area (Å²) in [4.78, 5) is 20.1. The lowest BCUT2D eigenvalue weighted by molar-refractivity contribution is 0.809. The molecule has 1 aromatic heterocycles. The van der Waals surface area contributed by atoms with E-state index in [2.05, 4.69) is 47.3 Å². The number of nitrogens with one attached hydrogen (secondary N) is 2. The Labute approximate surface area is 129 Å². The number of nitrogens with zero attached hydrogens (tertiary/aromatic N) is 1. The molecular weight excluding hydrogens is 282 g/mol. The van der Waals surface area contributed by atoms with Crippen LogP contribution in [0.4, 0.5) is 0 Å². The molecule has 2 N–H and O–H groups in total. The maximum Gasteiger partial charge on any atom is 0.251 e. The Morgan fingerprint density at radius 3 is 2.81 bits per heavy atom. The molecule has 2 rings (SSSR count). The zero-order valence-electron chi connectivity index (χ0n) is 12.7. The summed E-state index contributed by atoms with van der Waals surface area (Å²) >= 11 is 1.50. The lowest BCUT2D eigenvalue weighted by atomic mass is 10.1. The van der Waals surface area contributed by atoms with Gasteiger partial charge in [-0.15, -0.1) is 0 Å². The number of rotatable bonds is 6. The third-order valence-electron chi connectivity index (χ3n) is 3.17. The van der Waals surface area contributed by atoms with Crippen LogP contribution >= 0.6 is 11.8 Å². The van der Waals surface area contributed by atoms with Crippen molar-refractivity contribution >= 4 is 11.8 Å². The van der Waals surface area contributed by atoms with Gasteiger partial charge in [-0.1, -0.05) is 31.2 Å². The predicted octanol–water partition coefficient (Wildman–Crippen LogP) is 2.90. The topological polar surface area (TPSA) is 57.8 Å². The van der Waals surface area contributed by atoms with Crippen LogP contribution in [0.5, 0.6) is 0 Å². The van der Waals surface area contributed by atoms with Crippen LogP contribution in [0.2, 0.25) is 0 Å². The zero-order valence-corrected chi connectivity index (χ0v) is 13.5. The van der Waals surface area contributed by atoms with Crippen LogP contribution in [0.15, 0.2) is 39.1 Å². The van der Waals surface area contributed by atoms with Crippen molar-refractivity contribution in [3.8, 4) is 0 Å². The van der Waals surface area contributed by atoms with Gasteiger partial charge in [-0.25, -0.2) is 4.98 Å². The molecule has 0 aliphatic rings. The Balaban J connectivity index is 2.21. The number of aryl methyl sites for hydroxylation is 2. The largest absolute Gasteiger partial charge is 0.316 e. The first-order valence-corrected chi connectivity index (χ1v) is 7.96. The van der Waals surface area contributed by atoms with E-state index >= 15 is 0 Å². The van der Waals surface area contributed by atoms with Gasteiger partial charge in [-0.05, 0) is 43.7 Å². The predicted molar refractivity (Wildman–Crippen MR) is 86.9 cm³/mol. The highest BCUT2D eigenvalue weighted by molar-refractivity contribution is 7.99. The molecule has 0 spiro atoms. The average Bonchev–Trinajstić information content (AvgIpc) is 2.42. The van der Waals surface area contributed by atoms with Gasteiger partial charge in [-0.2, -0.15) is 0 Å². The molecule has 1 aromatic carbocycles. The van der Waals surface area contributed by atoms with E-state index < -0.39 is 0 Å². The van der Waals surface area contributed by atoms with E-state index in [4.69, 9.17) is 0 Å². The number of benzene rings is 1. The van der Waals surface area contributed by atoms with Crippen molar-refractivity contribution in [1.29, 1.82) is 0 Å². The van der Waals surface area contributed by atoms with Gasteiger partial charge in [-0.3, -0.25) is 4.79 Å². The molecule has 0 unspecified atom stereocenters. The second-order valence-corrected chi connectivity index (χ2v) is 6.07. The van der Waals surface area contributed by atoms with E-state index in [1.807, 2.05) is 7.05 Å². The highest BCUT2D eigenvalue weighted by Gasteiger charge is 2.05. The van der Waals surface area contributed by atoms with E-state index in [9.17, 15) is 4.79 Å². The minimum Gasteiger partial charge on any atom is -0.316 e. The first-order valence-electron chi connectivity index (χ1n) is 7.14. The summed E-state index contributed by atoms with van der Waals surface area (Å²) in [7, 11) is 1.94. The van der Waals surface area contributed by atoms with Crippen LogP contribution in [0.1, 0.15) is 30.2 Å². The first-order chi connectivity index (χ1) is 10.1. The highest BCUT2D eigenvalue weighted by Crippen LogP contribution is 2.26. The number of H-pyrrole nitrogens is 1. The Kier molecular flexibility index (Phi) is 5.59. The molecular formula is C16H21N3OS. The van der Waals surface area contributed by atoms with Crippen molar-refractivity contribution in [1.82, 2.24) is 15.3 Å². The van der Waals surface area contributed by atoms with E-state index in [0.29, 0.717) is 5.16 Å². The molecule has 1 heterocycles. The summed E-state index contributed by atoms with van der Waals surface area (Å²) in [5, 5.41) is 3.82. The third-order valence-corrected chi connectivity index (χ3v) is 4.05. The van der Waals surface area contributed by atoms with Crippen LogP contribution in [-0.4, -0.2) is 17.0 Å². The Morgan fingerprint density at radius 1 is 1.33 bits per heavy atom. The van der Waals surface area contributed by atoms with Gasteiger partial charge in [0, 0.05) is 23.2 Å². The minimum absolute atomic E-state index is 0.0838. The second kappa shape index (κ2) is 7.43. The second-order valence-electron chi connectivity index (χ2n) is 5.01. The monoisotopic (exact) mass is 303 g/mol. The number of aromatic nitrogens is 2. The van der Waals surface area contributed by atoms with Crippen molar-refractivity contribution in [2.45, 2.75) is 43.3 Å². The van der Waals surface area contributed by atoms with E-state index in [1.165, 1.54) is 22.9 Å². The van der Waals surface area contributed by atoms with E-state index in [1.54, 1.807) is 6.07 Å². The first kappa shape index (κ1) is 15.8. The van der Waals surface area contributed by atoms with Crippen molar-refractivity contribution < 1.29 is 0 Å². The summed E-state index contributed by atoms with van der Waals surface area (Å²) in [5.41, 5.74) is 3.29. The smallest absolute Gasteiger partial charge is 0.251 e. The van der Waals surface area contributed by atoms with Crippen LogP contribution in [-0.2, 0) is 13.0 Å². The lowest BCUT2D eigenvalue weighted by Gasteiger charge is -2.08. The average molecular weight is 303 g/mol. The van der Waals surface area contributed by atoms with Gasteiger partial charge in [0.2, 0.25) is 0 Å². The molecule has 21 heavy (non-hydrogen) atoms. The van der Waals surface area contributed by atoms with Crippen molar-refractivity contribution in [2.24, 2.45) is 0 Å². The van der Waals surface area contributed by atoms with Gasteiger partial charge in [0.25, 0.3) is 5.56 Å². The van der Waals surface area contributed by atoms with Crippen LogP contribution in [0.25, 0.3) is 0 Å². The van der Waals surface area contributed by atoms with Gasteiger partial charge >= 0.3 is 0 Å². The summed E-state index contributed by atoms with van der Waals surface area (Å²) in [6.45, 7) is 5.04. The fourth-order valence-electron chi connectivity index (χ4n) is 2.15. The fraction of sp³-hybridized carbons (Fsp3) is 0.375. The molecule has 0 aliphatic carbocycles. The van der Waals surface area contributed by atoms with Gasteiger partial charge < -0.3 is 10.3 Å². The summed E-state index contributed by atoms with van der Waals surface area (Å²) in [6.07, 6.45) is 1.82. The van der Waals surface area contributed by atoms with Crippen LogP contribution in [0.3, 0.4) is 0 Å². The zero-order chi connectivity index (χ0) is 15.2. The molecule has 5 heteroatoms. The summed E-state index contributed by atoms with van der Waals surface area (Å²) in [6, 6.07) is 7.89. The van der Waals surface area contributed by atoms with E-state index in [0.717, 1.165) is 30.0 Å². The highest BCUT2D eigenvalue weighted by atomic mass is 32.2. The maximum atomic E-state index is 11.7. The van der Waals surface area contributed by atoms with Crippen molar-refractivity contribution in [3.05, 3.63) is 51.4 Å². The molecule has 2 aromatic rings. The van der Waals surface area contributed by atoms with Crippen molar-refractivity contribution in [2.75, 3.05) is 7.05 Å². The normalized spacial score (nSPS) is 10.8. The Bertz CT molecular complexity index is 667. The molecule has 0 saturated heterocycles. The molecule has 0 atom stereocenters. The number of hydrogen-bond acceptors (Lipinski definition) is 4. The molecule has 0 amide bonds. The third kappa shape index (κ3) is 4.44. The Morgan fingerprint density at radius 2 is 2.14 bits per heavy atom. The molecule has 0 saturated carbocycles. The SMILES string of the molecule is CCCc1cc(=O)[nH]c(Sc2ccc(CNC)c(C)c2)n1. The van der Waals surface area contributed by atoms with Gasteiger partial charge in [0.05, 0.1) is 0 Å². The summed E-state index contributed by atoms with van der Waals surface area (Å²) in [5.74, 6) is 0. The molecule has 0 fully saturated rings. The molecule has 112 valence electrons. The molecule has 0 radical (unpaired) electrons. The van der Waals surface area contributed by atoms with E-state index in [-0.39, 0.29) is 5.56 Å².